The van der Waals surface area contributed by atoms with Crippen LogP contribution < -0.4 is 4.90 Å². The van der Waals surface area contributed by atoms with Crippen LogP contribution in [0.15, 0.2) is 84.9 Å². The average molecular weight is 379 g/mol. The Kier molecular flexibility index (Phi) is 5.72. The molecule has 0 aromatic heterocycles. The maximum atomic E-state index is 13.2. The SMILES string of the molecule is CS(=O)(=O)Cc1ccc(C(=O)N(Cc2ccccc2)c2ccccc2)cc1. The molecule has 3 aromatic carbocycles. The molecule has 0 spiro atoms. The maximum absolute atomic E-state index is 13.2. The van der Waals surface area contributed by atoms with Crippen molar-refractivity contribution in [3.63, 3.8) is 0 Å². The van der Waals surface area contributed by atoms with E-state index >= 15 is 0 Å². The number of para-hydroxylation sites is 1. The van der Waals surface area contributed by atoms with E-state index in [0.717, 1.165) is 11.3 Å². The van der Waals surface area contributed by atoms with Gasteiger partial charge in [0.2, 0.25) is 0 Å². The van der Waals surface area contributed by atoms with Crippen molar-refractivity contribution in [2.45, 2.75) is 12.3 Å². The highest BCUT2D eigenvalue weighted by Crippen LogP contribution is 2.20. The molecule has 0 bridgehead atoms. The number of benzene rings is 3. The van der Waals surface area contributed by atoms with E-state index in [-0.39, 0.29) is 11.7 Å². The molecule has 3 rings (SSSR count). The lowest BCUT2D eigenvalue weighted by molar-refractivity contribution is 0.0985. The quantitative estimate of drug-likeness (QED) is 0.648. The monoisotopic (exact) mass is 379 g/mol. The Morgan fingerprint density at radius 2 is 1.33 bits per heavy atom. The molecule has 1 amide bonds. The zero-order chi connectivity index (χ0) is 19.3. The summed E-state index contributed by atoms with van der Waals surface area (Å²) < 4.78 is 22.9. The lowest BCUT2D eigenvalue weighted by Gasteiger charge is -2.23. The van der Waals surface area contributed by atoms with Crippen molar-refractivity contribution < 1.29 is 13.2 Å². The van der Waals surface area contributed by atoms with Crippen LogP contribution in [0.4, 0.5) is 5.69 Å². The van der Waals surface area contributed by atoms with E-state index in [1.807, 2.05) is 60.7 Å². The molecule has 3 aromatic rings. The molecule has 0 unspecified atom stereocenters. The number of nitrogens with zero attached hydrogens (tertiary/aromatic N) is 1. The van der Waals surface area contributed by atoms with Crippen molar-refractivity contribution in [1.29, 1.82) is 0 Å². The van der Waals surface area contributed by atoms with Gasteiger partial charge in [0.05, 0.1) is 12.3 Å². The molecule has 0 fully saturated rings. The Bertz CT molecular complexity index is 998. The van der Waals surface area contributed by atoms with Crippen LogP contribution in [-0.2, 0) is 22.1 Å². The third kappa shape index (κ3) is 5.28. The van der Waals surface area contributed by atoms with Gasteiger partial charge in [-0.05, 0) is 35.4 Å². The van der Waals surface area contributed by atoms with Crippen LogP contribution in [0.2, 0.25) is 0 Å². The van der Waals surface area contributed by atoms with Gasteiger partial charge in [-0.15, -0.1) is 0 Å². The van der Waals surface area contributed by atoms with Gasteiger partial charge in [-0.25, -0.2) is 8.42 Å². The van der Waals surface area contributed by atoms with Crippen LogP contribution in [0.1, 0.15) is 21.5 Å². The van der Waals surface area contributed by atoms with Crippen LogP contribution in [0.3, 0.4) is 0 Å². The fourth-order valence-corrected chi connectivity index (χ4v) is 3.65. The number of rotatable bonds is 6. The molecule has 0 saturated carbocycles. The fraction of sp³-hybridized carbons (Fsp3) is 0.136. The summed E-state index contributed by atoms with van der Waals surface area (Å²) in [5, 5.41) is 0. The topological polar surface area (TPSA) is 54.5 Å². The van der Waals surface area contributed by atoms with Crippen molar-refractivity contribution in [1.82, 2.24) is 0 Å². The Morgan fingerprint density at radius 3 is 1.89 bits per heavy atom. The number of hydrogen-bond acceptors (Lipinski definition) is 3. The van der Waals surface area contributed by atoms with Gasteiger partial charge in [0, 0.05) is 17.5 Å². The third-order valence-electron chi connectivity index (χ3n) is 4.13. The first-order valence-electron chi connectivity index (χ1n) is 8.60. The summed E-state index contributed by atoms with van der Waals surface area (Å²) >= 11 is 0. The molecule has 138 valence electrons. The number of anilines is 1. The molecule has 0 radical (unpaired) electrons. The molecule has 0 atom stereocenters. The third-order valence-corrected chi connectivity index (χ3v) is 4.98. The number of carbonyl (C=O) groups excluding carboxylic acids is 1. The minimum atomic E-state index is -3.11. The molecule has 0 saturated heterocycles. The second-order valence-corrected chi connectivity index (χ2v) is 8.62. The second-order valence-electron chi connectivity index (χ2n) is 6.48. The molecular formula is C22H21NO3S. The summed E-state index contributed by atoms with van der Waals surface area (Å²) in [6.07, 6.45) is 1.20. The van der Waals surface area contributed by atoms with Crippen molar-refractivity contribution >= 4 is 21.4 Å². The standard InChI is InChI=1S/C22H21NO3S/c1-27(25,26)17-19-12-14-20(15-13-19)22(24)23(21-10-6-3-7-11-21)16-18-8-4-2-5-9-18/h2-15H,16-17H2,1H3. The van der Waals surface area contributed by atoms with Gasteiger partial charge in [-0.2, -0.15) is 0 Å². The van der Waals surface area contributed by atoms with Gasteiger partial charge in [0.1, 0.15) is 0 Å². The van der Waals surface area contributed by atoms with Gasteiger partial charge in [-0.3, -0.25) is 4.79 Å². The normalized spacial score (nSPS) is 11.1. The molecule has 5 heteroatoms. The first-order valence-corrected chi connectivity index (χ1v) is 10.7. The van der Waals surface area contributed by atoms with Gasteiger partial charge in [0.15, 0.2) is 9.84 Å². The smallest absolute Gasteiger partial charge is 0.258 e. The molecule has 0 aliphatic carbocycles. The van der Waals surface area contributed by atoms with Crippen LogP contribution >= 0.6 is 0 Å². The van der Waals surface area contributed by atoms with Crippen LogP contribution in [0.5, 0.6) is 0 Å². The van der Waals surface area contributed by atoms with E-state index in [1.165, 1.54) is 6.26 Å². The van der Waals surface area contributed by atoms with Crippen LogP contribution in [-0.4, -0.2) is 20.6 Å². The van der Waals surface area contributed by atoms with Crippen molar-refractivity contribution in [3.05, 3.63) is 102 Å². The van der Waals surface area contributed by atoms with Gasteiger partial charge in [0.25, 0.3) is 5.91 Å². The molecule has 0 aliphatic heterocycles. The van der Waals surface area contributed by atoms with Crippen molar-refractivity contribution in [3.8, 4) is 0 Å². The van der Waals surface area contributed by atoms with Crippen LogP contribution in [0, 0.1) is 0 Å². The van der Waals surface area contributed by atoms with E-state index in [0.29, 0.717) is 17.7 Å². The summed E-state index contributed by atoms with van der Waals surface area (Å²) in [6, 6.07) is 26.1. The predicted molar refractivity (Wildman–Crippen MR) is 108 cm³/mol. The van der Waals surface area contributed by atoms with Gasteiger partial charge in [-0.1, -0.05) is 60.7 Å². The maximum Gasteiger partial charge on any atom is 0.258 e. The van der Waals surface area contributed by atoms with E-state index < -0.39 is 9.84 Å². The van der Waals surface area contributed by atoms with E-state index in [4.69, 9.17) is 0 Å². The minimum Gasteiger partial charge on any atom is -0.304 e. The Balaban J connectivity index is 1.88. The zero-order valence-corrected chi connectivity index (χ0v) is 15.9. The highest BCUT2D eigenvalue weighted by atomic mass is 32.2. The number of hydrogen-bond donors (Lipinski definition) is 0. The zero-order valence-electron chi connectivity index (χ0n) is 15.1. The fourth-order valence-electron chi connectivity index (χ4n) is 2.86. The second kappa shape index (κ2) is 8.18. The highest BCUT2D eigenvalue weighted by molar-refractivity contribution is 7.89. The summed E-state index contributed by atoms with van der Waals surface area (Å²) in [5.74, 6) is -0.163. The van der Waals surface area contributed by atoms with E-state index in [1.54, 1.807) is 29.2 Å². The van der Waals surface area contributed by atoms with E-state index in [2.05, 4.69) is 0 Å². The summed E-state index contributed by atoms with van der Waals surface area (Å²) in [6.45, 7) is 0.453. The lowest BCUT2D eigenvalue weighted by Crippen LogP contribution is -2.30. The first kappa shape index (κ1) is 18.9. The largest absolute Gasteiger partial charge is 0.304 e. The summed E-state index contributed by atoms with van der Waals surface area (Å²) in [7, 11) is -3.11. The molecule has 4 nitrogen and oxygen atoms in total. The van der Waals surface area contributed by atoms with Gasteiger partial charge >= 0.3 is 0 Å². The summed E-state index contributed by atoms with van der Waals surface area (Å²) in [4.78, 5) is 14.9. The number of amides is 1. The first-order chi connectivity index (χ1) is 12.9. The molecule has 0 aliphatic rings. The predicted octanol–water partition coefficient (Wildman–Crippen LogP) is 4.08. The Labute approximate surface area is 160 Å². The Morgan fingerprint density at radius 1 is 0.778 bits per heavy atom. The average Bonchev–Trinajstić information content (AvgIpc) is 2.66. The van der Waals surface area contributed by atoms with E-state index in [9.17, 15) is 13.2 Å². The molecule has 27 heavy (non-hydrogen) atoms. The number of sulfone groups is 1. The lowest BCUT2D eigenvalue weighted by atomic mass is 10.1. The van der Waals surface area contributed by atoms with Crippen molar-refractivity contribution in [2.75, 3.05) is 11.2 Å². The molecular weight excluding hydrogens is 358 g/mol. The summed E-state index contributed by atoms with van der Waals surface area (Å²) in [5.41, 5.74) is 3.03. The van der Waals surface area contributed by atoms with Crippen LogP contribution in [0.25, 0.3) is 0 Å². The number of carbonyl (C=O) groups is 1. The minimum absolute atomic E-state index is 0.0338. The van der Waals surface area contributed by atoms with Gasteiger partial charge < -0.3 is 4.90 Å². The Hall–Kier alpha value is -2.92. The molecule has 0 heterocycles. The highest BCUT2D eigenvalue weighted by Gasteiger charge is 2.18. The van der Waals surface area contributed by atoms with Crippen molar-refractivity contribution in [2.24, 2.45) is 0 Å². The molecule has 0 N–H and O–H groups in total.